The van der Waals surface area contributed by atoms with Crippen LogP contribution in [0.15, 0.2) is 48.5 Å². The van der Waals surface area contributed by atoms with Crippen molar-refractivity contribution in [3.05, 3.63) is 70.8 Å². The van der Waals surface area contributed by atoms with Crippen molar-refractivity contribution in [2.45, 2.75) is 89.6 Å². The maximum atomic E-state index is 15.0. The molecule has 4 heteroatoms. The lowest BCUT2D eigenvalue weighted by Crippen LogP contribution is -2.34. The number of hydrogen-bond donors (Lipinski definition) is 0. The minimum atomic E-state index is -1.22. The first-order chi connectivity index (χ1) is 15.4. The number of hydrogen-bond acceptors (Lipinski definition) is 2. The molecule has 2 aromatic rings. The van der Waals surface area contributed by atoms with Crippen LogP contribution in [0.2, 0.25) is 0 Å². The average Bonchev–Trinajstić information content (AvgIpc) is 3.72. The van der Waals surface area contributed by atoms with Gasteiger partial charge in [0.25, 0.3) is 0 Å². The van der Waals surface area contributed by atoms with E-state index in [-0.39, 0.29) is 0 Å². The number of nitriles is 1. The lowest BCUT2D eigenvalue weighted by atomic mass is 9.89. The van der Waals surface area contributed by atoms with Crippen LogP contribution in [0.1, 0.15) is 81.5 Å². The van der Waals surface area contributed by atoms with Gasteiger partial charge in [0.15, 0.2) is 0 Å². The van der Waals surface area contributed by atoms with Crippen molar-refractivity contribution in [3.8, 4) is 6.07 Å². The first-order valence-corrected chi connectivity index (χ1v) is 12.0. The third-order valence-electron chi connectivity index (χ3n) is 6.69. The minimum Gasteiger partial charge on any atom is -0.296 e. The zero-order valence-electron chi connectivity index (χ0n) is 19.7. The molecule has 0 aromatic heterocycles. The van der Waals surface area contributed by atoms with E-state index in [1.54, 1.807) is 6.07 Å². The van der Waals surface area contributed by atoms with Crippen molar-refractivity contribution in [2.24, 2.45) is 0 Å². The van der Waals surface area contributed by atoms with Crippen molar-refractivity contribution >= 4 is 0 Å². The maximum Gasteiger partial charge on any atom is 0.136 e. The molecule has 172 valence electrons. The Morgan fingerprint density at radius 3 is 1.97 bits per heavy atom. The Kier molecular flexibility index (Phi) is 8.06. The van der Waals surface area contributed by atoms with Crippen LogP contribution in [-0.2, 0) is 24.3 Å². The third-order valence-corrected chi connectivity index (χ3v) is 6.69. The van der Waals surface area contributed by atoms with E-state index >= 15 is 8.78 Å². The molecule has 0 spiro atoms. The van der Waals surface area contributed by atoms with Crippen LogP contribution in [0.5, 0.6) is 0 Å². The Hall–Kier alpha value is -2.25. The molecular formula is C28H36F2N2. The Morgan fingerprint density at radius 1 is 0.969 bits per heavy atom. The molecule has 0 saturated heterocycles. The number of rotatable bonds is 10. The van der Waals surface area contributed by atoms with Gasteiger partial charge in [0.2, 0.25) is 0 Å². The molecule has 32 heavy (non-hydrogen) atoms. The summed E-state index contributed by atoms with van der Waals surface area (Å²) >= 11 is 0. The summed E-state index contributed by atoms with van der Waals surface area (Å²) in [6, 6.07) is 18.3. The van der Waals surface area contributed by atoms with Crippen LogP contribution in [-0.4, -0.2) is 17.5 Å². The van der Waals surface area contributed by atoms with Crippen molar-refractivity contribution in [2.75, 3.05) is 6.54 Å². The summed E-state index contributed by atoms with van der Waals surface area (Å²) in [5.74, 6) is 0. The molecule has 0 aliphatic heterocycles. The van der Waals surface area contributed by atoms with Gasteiger partial charge < -0.3 is 0 Å². The van der Waals surface area contributed by atoms with Crippen LogP contribution in [0, 0.1) is 11.3 Å². The van der Waals surface area contributed by atoms with E-state index in [1.807, 2.05) is 24.3 Å². The fourth-order valence-corrected chi connectivity index (χ4v) is 4.55. The predicted octanol–water partition coefficient (Wildman–Crippen LogP) is 7.37. The van der Waals surface area contributed by atoms with E-state index in [2.05, 4.69) is 43.0 Å². The smallest absolute Gasteiger partial charge is 0.136 e. The molecule has 2 saturated carbocycles. The number of halogens is 2. The highest BCUT2D eigenvalue weighted by Crippen LogP contribution is 2.56. The molecule has 1 unspecified atom stereocenters. The van der Waals surface area contributed by atoms with E-state index in [4.69, 9.17) is 5.26 Å². The molecule has 0 N–H and O–H groups in total. The topological polar surface area (TPSA) is 27.0 Å². The van der Waals surface area contributed by atoms with Gasteiger partial charge in [-0.05, 0) is 80.7 Å². The first-order valence-electron chi connectivity index (χ1n) is 12.0. The number of alkyl halides is 2. The predicted molar refractivity (Wildman–Crippen MR) is 127 cm³/mol. The second-order valence-corrected chi connectivity index (χ2v) is 9.33. The van der Waals surface area contributed by atoms with Crippen LogP contribution >= 0.6 is 0 Å². The van der Waals surface area contributed by atoms with Gasteiger partial charge in [-0.2, -0.15) is 5.26 Å². The van der Waals surface area contributed by atoms with Crippen LogP contribution in [0.4, 0.5) is 8.78 Å². The van der Waals surface area contributed by atoms with E-state index in [0.717, 1.165) is 49.0 Å². The third kappa shape index (κ3) is 5.95. The first kappa shape index (κ1) is 24.4. The zero-order valence-corrected chi connectivity index (χ0v) is 19.7. The van der Waals surface area contributed by atoms with Crippen LogP contribution in [0.25, 0.3) is 0 Å². The van der Waals surface area contributed by atoms with Gasteiger partial charge in [0, 0.05) is 19.5 Å². The summed E-state index contributed by atoms with van der Waals surface area (Å²) < 4.78 is 30.1. The molecule has 1 atom stereocenters. The summed E-state index contributed by atoms with van der Waals surface area (Å²) in [4.78, 5) is 2.50. The van der Waals surface area contributed by atoms with Gasteiger partial charge >= 0.3 is 0 Å². The molecule has 0 bridgehead atoms. The van der Waals surface area contributed by atoms with Gasteiger partial charge in [-0.15, -0.1) is 0 Å². The molecule has 2 nitrogen and oxygen atoms in total. The standard InChI is InChI=1S/C26H33F2N.C2H3N/c1-3-18-29(19-21-8-5-4-6-9-21)20(2)12-13-22-23(25(27)14-15-25)10-7-11-24(22)26(28)16-17-26;1-2-3/h4-11,20H,3,12-19H2,1-2H3;1H3. The summed E-state index contributed by atoms with van der Waals surface area (Å²) in [6.45, 7) is 7.85. The van der Waals surface area contributed by atoms with Crippen LogP contribution in [0.3, 0.4) is 0 Å². The highest BCUT2D eigenvalue weighted by molar-refractivity contribution is 5.46. The fraction of sp³-hybridized carbons (Fsp3) is 0.536. The summed E-state index contributed by atoms with van der Waals surface area (Å²) in [5, 5.41) is 7.32. The lowest BCUT2D eigenvalue weighted by Gasteiger charge is -2.30. The molecular weight excluding hydrogens is 402 g/mol. The Bertz CT molecular complexity index is 875. The molecule has 2 fully saturated rings. The SMILES string of the molecule is CC#N.CCCN(Cc1ccccc1)C(C)CCc1c(C2(F)CC2)cccc1C1(F)CC1. The Morgan fingerprint density at radius 2 is 1.50 bits per heavy atom. The number of nitrogens with zero attached hydrogens (tertiary/aromatic N) is 2. The van der Waals surface area contributed by atoms with Gasteiger partial charge in [-0.3, -0.25) is 4.90 Å². The normalized spacial score (nSPS) is 18.3. The zero-order chi connectivity index (χ0) is 23.2. The van der Waals surface area contributed by atoms with Gasteiger partial charge in [0.05, 0.1) is 6.07 Å². The van der Waals surface area contributed by atoms with E-state index in [0.29, 0.717) is 31.7 Å². The van der Waals surface area contributed by atoms with Crippen molar-refractivity contribution in [1.82, 2.24) is 4.90 Å². The molecule has 2 aliphatic carbocycles. The van der Waals surface area contributed by atoms with Gasteiger partial charge in [-0.1, -0.05) is 55.5 Å². The highest BCUT2D eigenvalue weighted by atomic mass is 19.1. The number of benzene rings is 2. The molecule has 2 aromatic carbocycles. The lowest BCUT2D eigenvalue weighted by molar-refractivity contribution is 0.190. The summed E-state index contributed by atoms with van der Waals surface area (Å²) in [7, 11) is 0. The minimum absolute atomic E-state index is 0.362. The van der Waals surface area contributed by atoms with E-state index in [1.165, 1.54) is 12.5 Å². The summed E-state index contributed by atoms with van der Waals surface area (Å²) in [5.41, 5.74) is 1.36. The average molecular weight is 439 g/mol. The van der Waals surface area contributed by atoms with E-state index < -0.39 is 11.3 Å². The molecule has 2 aliphatic rings. The second kappa shape index (κ2) is 10.6. The van der Waals surface area contributed by atoms with Crippen molar-refractivity contribution in [1.29, 1.82) is 5.26 Å². The monoisotopic (exact) mass is 438 g/mol. The molecule has 0 amide bonds. The Balaban J connectivity index is 0.000000913. The van der Waals surface area contributed by atoms with Crippen molar-refractivity contribution < 1.29 is 8.78 Å². The maximum absolute atomic E-state index is 15.0. The van der Waals surface area contributed by atoms with Crippen LogP contribution < -0.4 is 0 Å². The highest BCUT2D eigenvalue weighted by Gasteiger charge is 2.50. The molecule has 0 radical (unpaired) electrons. The van der Waals surface area contributed by atoms with Gasteiger partial charge in [0.1, 0.15) is 11.3 Å². The van der Waals surface area contributed by atoms with Gasteiger partial charge in [-0.25, -0.2) is 8.78 Å². The Labute approximate surface area is 192 Å². The molecule has 0 heterocycles. The quantitative estimate of drug-likeness (QED) is 0.387. The van der Waals surface area contributed by atoms with E-state index in [9.17, 15) is 0 Å². The summed E-state index contributed by atoms with van der Waals surface area (Å²) in [6.07, 6.45) is 5.08. The van der Waals surface area contributed by atoms with Crippen molar-refractivity contribution in [3.63, 3.8) is 0 Å². The largest absolute Gasteiger partial charge is 0.296 e. The fourth-order valence-electron chi connectivity index (χ4n) is 4.55. The second-order valence-electron chi connectivity index (χ2n) is 9.33. The molecule has 4 rings (SSSR count).